The van der Waals surface area contributed by atoms with E-state index in [0.29, 0.717) is 5.69 Å². The molecule has 0 bridgehead atoms. The number of likely N-dealkylation sites (tertiary alicyclic amines) is 1. The van der Waals surface area contributed by atoms with E-state index in [9.17, 15) is 24.6 Å². The molecular weight excluding hydrogens is 304 g/mol. The van der Waals surface area contributed by atoms with Crippen molar-refractivity contribution in [3.8, 4) is 5.75 Å². The minimum atomic E-state index is -2.11. The number of anilines is 1. The number of nitrogens with one attached hydrogen (secondary N) is 2. The van der Waals surface area contributed by atoms with Crippen molar-refractivity contribution in [3.05, 3.63) is 24.3 Å². The van der Waals surface area contributed by atoms with Crippen LogP contribution in [0.2, 0.25) is 0 Å². The van der Waals surface area contributed by atoms with Crippen molar-refractivity contribution in [2.45, 2.75) is 25.1 Å². The number of hydrogen-bond acceptors (Lipinski definition) is 5. The van der Waals surface area contributed by atoms with Crippen molar-refractivity contribution >= 4 is 23.5 Å². The number of carbonyl (C=O) groups excluding carboxylic acids is 3. The Bertz CT molecular complexity index is 650. The van der Waals surface area contributed by atoms with Crippen LogP contribution in [0, 0.1) is 0 Å². The van der Waals surface area contributed by atoms with Crippen LogP contribution in [0.5, 0.6) is 5.75 Å². The average Bonchev–Trinajstić information content (AvgIpc) is 2.73. The van der Waals surface area contributed by atoms with Crippen molar-refractivity contribution in [3.63, 3.8) is 0 Å². The molecule has 23 heavy (non-hydrogen) atoms. The Balaban J connectivity index is 2.03. The molecule has 4 amide bonds. The fraction of sp³-hybridized carbons (Fsp3) is 0.357. The molecule has 0 aromatic heterocycles. The van der Waals surface area contributed by atoms with E-state index in [2.05, 4.69) is 10.6 Å². The van der Waals surface area contributed by atoms with Gasteiger partial charge in [0.2, 0.25) is 11.6 Å². The summed E-state index contributed by atoms with van der Waals surface area (Å²) in [6, 6.07) is 4.09. The van der Waals surface area contributed by atoms with Gasteiger partial charge in [0.15, 0.2) is 0 Å². The highest BCUT2D eigenvalue weighted by Crippen LogP contribution is 2.23. The molecule has 1 fully saturated rings. The van der Waals surface area contributed by atoms with E-state index in [1.165, 1.54) is 31.2 Å². The summed E-state index contributed by atoms with van der Waals surface area (Å²) in [7, 11) is 0. The zero-order chi connectivity index (χ0) is 17.2. The normalized spacial score (nSPS) is 21.8. The van der Waals surface area contributed by atoms with Crippen LogP contribution in [0.15, 0.2) is 24.3 Å². The highest BCUT2D eigenvalue weighted by Gasteiger charge is 2.48. The molecule has 9 heteroatoms. The first-order valence-electron chi connectivity index (χ1n) is 6.94. The van der Waals surface area contributed by atoms with Crippen molar-refractivity contribution in [1.29, 1.82) is 0 Å². The van der Waals surface area contributed by atoms with E-state index in [4.69, 9.17) is 5.73 Å². The second-order valence-corrected chi connectivity index (χ2v) is 5.32. The molecule has 0 radical (unpaired) electrons. The molecule has 124 valence electrons. The highest BCUT2D eigenvalue weighted by molar-refractivity contribution is 5.97. The van der Waals surface area contributed by atoms with E-state index >= 15 is 0 Å². The average molecular weight is 322 g/mol. The predicted octanol–water partition coefficient (Wildman–Crippen LogP) is -0.692. The summed E-state index contributed by atoms with van der Waals surface area (Å²) in [5, 5.41) is 24.2. The number of nitrogens with two attached hydrogens (primary N) is 1. The number of benzene rings is 1. The minimum absolute atomic E-state index is 0.0417. The summed E-state index contributed by atoms with van der Waals surface area (Å²) in [6.45, 7) is 1.53. The lowest BCUT2D eigenvalue weighted by molar-refractivity contribution is -0.148. The Morgan fingerprint density at radius 3 is 2.74 bits per heavy atom. The zero-order valence-electron chi connectivity index (χ0n) is 12.4. The maximum absolute atomic E-state index is 12.2. The zero-order valence-corrected chi connectivity index (χ0v) is 12.4. The van der Waals surface area contributed by atoms with Gasteiger partial charge in [-0.15, -0.1) is 0 Å². The molecular formula is C14H18N4O5. The molecule has 6 N–H and O–H groups in total. The fourth-order valence-electron chi connectivity index (χ4n) is 2.30. The van der Waals surface area contributed by atoms with Gasteiger partial charge in [0.25, 0.3) is 5.91 Å². The van der Waals surface area contributed by atoms with Gasteiger partial charge in [0.1, 0.15) is 11.8 Å². The van der Waals surface area contributed by atoms with Crippen molar-refractivity contribution < 1.29 is 24.6 Å². The smallest absolute Gasteiger partial charge is 0.321 e. The number of phenols is 1. The van der Waals surface area contributed by atoms with Gasteiger partial charge in [0.05, 0.1) is 0 Å². The van der Waals surface area contributed by atoms with Crippen LogP contribution >= 0.6 is 0 Å². The Labute approximate surface area is 132 Å². The number of urea groups is 1. The third kappa shape index (κ3) is 3.51. The minimum Gasteiger partial charge on any atom is -0.508 e. The van der Waals surface area contributed by atoms with Gasteiger partial charge in [0, 0.05) is 24.7 Å². The van der Waals surface area contributed by atoms with Crippen molar-refractivity contribution in [2.75, 3.05) is 11.9 Å². The molecule has 1 aromatic carbocycles. The maximum Gasteiger partial charge on any atom is 0.321 e. The van der Waals surface area contributed by atoms with Gasteiger partial charge in [-0.3, -0.25) is 9.59 Å². The van der Waals surface area contributed by atoms with E-state index in [1.807, 2.05) is 0 Å². The lowest BCUT2D eigenvalue weighted by atomic mass is 10.2. The van der Waals surface area contributed by atoms with Gasteiger partial charge in [-0.25, -0.2) is 4.79 Å². The van der Waals surface area contributed by atoms with Crippen LogP contribution in [0.4, 0.5) is 10.5 Å². The maximum atomic E-state index is 12.2. The van der Waals surface area contributed by atoms with Crippen LogP contribution in [0.3, 0.4) is 0 Å². The molecule has 9 nitrogen and oxygen atoms in total. The summed E-state index contributed by atoms with van der Waals surface area (Å²) < 4.78 is 0. The first-order chi connectivity index (χ1) is 10.7. The predicted molar refractivity (Wildman–Crippen MR) is 80.2 cm³/mol. The number of aliphatic hydroxyl groups is 1. The standard InChI is InChI=1S/C14H18N4O5/c1-8(11(15)20)18-6-5-14(23,12(18)21)17-13(22)16-9-3-2-4-10(19)7-9/h2-4,7-8,19,23H,5-6H2,1H3,(H2,15,20)(H2,16,17,22). The monoisotopic (exact) mass is 322 g/mol. The third-order valence-electron chi connectivity index (χ3n) is 3.63. The number of carbonyl (C=O) groups is 3. The number of nitrogens with zero attached hydrogens (tertiary/aromatic N) is 1. The van der Waals surface area contributed by atoms with Crippen LogP contribution in [0.25, 0.3) is 0 Å². The van der Waals surface area contributed by atoms with Gasteiger partial charge < -0.3 is 31.5 Å². The molecule has 2 atom stereocenters. The molecule has 1 saturated heterocycles. The number of hydrogen-bond donors (Lipinski definition) is 5. The summed E-state index contributed by atoms with van der Waals surface area (Å²) in [4.78, 5) is 36.4. The molecule has 1 aliphatic rings. The van der Waals surface area contributed by atoms with Crippen molar-refractivity contribution in [2.24, 2.45) is 5.73 Å². The van der Waals surface area contributed by atoms with E-state index in [1.54, 1.807) is 0 Å². The number of amides is 4. The first-order valence-corrected chi connectivity index (χ1v) is 6.94. The highest BCUT2D eigenvalue weighted by atomic mass is 16.3. The molecule has 2 rings (SSSR count). The van der Waals surface area contributed by atoms with Crippen LogP contribution in [0.1, 0.15) is 13.3 Å². The summed E-state index contributed by atoms with van der Waals surface area (Å²) in [5.41, 5.74) is 3.33. The van der Waals surface area contributed by atoms with Gasteiger partial charge in [-0.1, -0.05) is 6.07 Å². The summed E-state index contributed by atoms with van der Waals surface area (Å²) in [6.07, 6.45) is -0.0725. The van der Waals surface area contributed by atoms with Gasteiger partial charge in [-0.05, 0) is 19.1 Å². The summed E-state index contributed by atoms with van der Waals surface area (Å²) >= 11 is 0. The second kappa shape index (κ2) is 6.13. The van der Waals surface area contributed by atoms with E-state index in [-0.39, 0.29) is 18.7 Å². The Morgan fingerprint density at radius 2 is 2.13 bits per heavy atom. The third-order valence-corrected chi connectivity index (χ3v) is 3.63. The molecule has 0 saturated carbocycles. The van der Waals surface area contributed by atoms with Gasteiger partial charge in [-0.2, -0.15) is 0 Å². The molecule has 1 aromatic rings. The number of primary amides is 1. The van der Waals surface area contributed by atoms with E-state index in [0.717, 1.165) is 4.90 Å². The summed E-state index contributed by atoms with van der Waals surface area (Å²) in [5.74, 6) is -1.54. The lowest BCUT2D eigenvalue weighted by Crippen LogP contribution is -2.57. The topological polar surface area (TPSA) is 145 Å². The number of aromatic hydroxyl groups is 1. The second-order valence-electron chi connectivity index (χ2n) is 5.32. The largest absolute Gasteiger partial charge is 0.508 e. The fourth-order valence-corrected chi connectivity index (χ4v) is 2.30. The van der Waals surface area contributed by atoms with E-state index < -0.39 is 29.6 Å². The molecule has 1 aliphatic heterocycles. The molecule has 0 spiro atoms. The van der Waals surface area contributed by atoms with Crippen molar-refractivity contribution in [1.82, 2.24) is 10.2 Å². The van der Waals surface area contributed by atoms with Crippen LogP contribution in [-0.4, -0.2) is 51.3 Å². The van der Waals surface area contributed by atoms with Gasteiger partial charge >= 0.3 is 6.03 Å². The number of rotatable bonds is 4. The Kier molecular flexibility index (Phi) is 4.41. The quantitative estimate of drug-likeness (QED) is 0.466. The molecule has 0 aliphatic carbocycles. The molecule has 2 unspecified atom stereocenters. The Hall–Kier alpha value is -2.81. The Morgan fingerprint density at radius 1 is 1.43 bits per heavy atom. The first kappa shape index (κ1) is 16.6. The van der Waals surface area contributed by atoms with Crippen LogP contribution in [-0.2, 0) is 9.59 Å². The van der Waals surface area contributed by atoms with Crippen LogP contribution < -0.4 is 16.4 Å². The lowest BCUT2D eigenvalue weighted by Gasteiger charge is -2.25. The SMILES string of the molecule is CC(C(N)=O)N1CCC(O)(NC(=O)Nc2cccc(O)c2)C1=O. The molecule has 1 heterocycles. The number of phenolic OH excluding ortho intramolecular Hbond substituents is 1.